The Kier molecular flexibility index (Phi) is 3.26. The summed E-state index contributed by atoms with van der Waals surface area (Å²) in [6.45, 7) is 4.85. The smallest absolute Gasteiger partial charge is 0.251 e. The monoisotopic (exact) mass is 235 g/mol. The number of amides is 1. The van der Waals surface area contributed by atoms with E-state index < -0.39 is 0 Å². The van der Waals surface area contributed by atoms with Crippen molar-refractivity contribution in [2.75, 3.05) is 13.1 Å². The molecule has 0 aromatic carbocycles. The van der Waals surface area contributed by atoms with Crippen LogP contribution in [0.25, 0.3) is 0 Å². The molecule has 1 atom stereocenters. The van der Waals surface area contributed by atoms with Crippen molar-refractivity contribution in [3.8, 4) is 0 Å². The number of nitrogens with zero attached hydrogens (tertiary/aromatic N) is 2. The van der Waals surface area contributed by atoms with E-state index >= 15 is 0 Å². The Morgan fingerprint density at radius 2 is 2.35 bits per heavy atom. The molecule has 0 bridgehead atoms. The number of nitrogens with one attached hydrogen (secondary N) is 1. The van der Waals surface area contributed by atoms with E-state index in [0.717, 1.165) is 25.1 Å². The molecule has 1 N–H and O–H groups in total. The van der Waals surface area contributed by atoms with Crippen molar-refractivity contribution in [3.63, 3.8) is 0 Å². The largest absolute Gasteiger partial charge is 0.342 e. The molecule has 1 aliphatic rings. The van der Waals surface area contributed by atoms with Crippen LogP contribution in [-0.2, 0) is 4.79 Å². The first-order valence-electron chi connectivity index (χ1n) is 5.89. The van der Waals surface area contributed by atoms with Gasteiger partial charge in [0.05, 0.1) is 0 Å². The van der Waals surface area contributed by atoms with Crippen molar-refractivity contribution in [2.45, 2.75) is 32.6 Å². The van der Waals surface area contributed by atoms with Gasteiger partial charge in [0.25, 0.3) is 5.56 Å². The first-order valence-corrected chi connectivity index (χ1v) is 5.89. The molecule has 5 heteroatoms. The van der Waals surface area contributed by atoms with Gasteiger partial charge in [-0.15, -0.1) is 0 Å². The molecule has 0 radical (unpaired) electrons. The van der Waals surface area contributed by atoms with E-state index in [0.29, 0.717) is 12.4 Å². The molecule has 0 aliphatic carbocycles. The van der Waals surface area contributed by atoms with Gasteiger partial charge in [0, 0.05) is 37.7 Å². The number of rotatable bonds is 1. The number of carbonyl (C=O) groups is 1. The first kappa shape index (κ1) is 11.8. The predicted octanol–water partition coefficient (Wildman–Crippen LogP) is 0.804. The molecule has 92 valence electrons. The second-order valence-corrected chi connectivity index (χ2v) is 4.58. The lowest BCUT2D eigenvalue weighted by Crippen LogP contribution is -2.38. The van der Waals surface area contributed by atoms with Crippen LogP contribution in [0.5, 0.6) is 0 Å². The molecule has 2 rings (SSSR count). The molecule has 0 unspecified atom stereocenters. The van der Waals surface area contributed by atoms with E-state index in [1.807, 2.05) is 11.8 Å². The molecule has 1 aromatic rings. The van der Waals surface area contributed by atoms with Crippen molar-refractivity contribution < 1.29 is 4.79 Å². The predicted molar refractivity (Wildman–Crippen MR) is 63.8 cm³/mol. The topological polar surface area (TPSA) is 66.1 Å². The summed E-state index contributed by atoms with van der Waals surface area (Å²) in [5, 5.41) is 0. The summed E-state index contributed by atoms with van der Waals surface area (Å²) in [5.41, 5.74) is 0.608. The molecule has 5 nitrogen and oxygen atoms in total. The van der Waals surface area contributed by atoms with Crippen molar-refractivity contribution >= 4 is 5.91 Å². The number of aryl methyl sites for hydroxylation is 1. The van der Waals surface area contributed by atoms with Gasteiger partial charge < -0.3 is 9.88 Å². The Balaban J connectivity index is 2.21. The van der Waals surface area contributed by atoms with Crippen LogP contribution >= 0.6 is 0 Å². The Morgan fingerprint density at radius 3 is 3.00 bits per heavy atom. The molecule has 1 amide bonds. The molecule has 1 saturated heterocycles. The van der Waals surface area contributed by atoms with Crippen LogP contribution < -0.4 is 5.56 Å². The van der Waals surface area contributed by atoms with Crippen molar-refractivity contribution in [1.82, 2.24) is 14.9 Å². The fraction of sp³-hybridized carbons (Fsp3) is 0.583. The summed E-state index contributed by atoms with van der Waals surface area (Å²) in [4.78, 5) is 31.7. The summed E-state index contributed by atoms with van der Waals surface area (Å²) in [7, 11) is 0. The standard InChI is InChI=1S/C12H17N3O2/c1-8-6-11(17)14-12(13-8)10-4-3-5-15(7-10)9(2)16/h6,10H,3-5,7H2,1-2H3,(H,13,14,17)/t10-/m1/s1. The molecular weight excluding hydrogens is 218 g/mol. The Morgan fingerprint density at radius 1 is 1.59 bits per heavy atom. The Labute approximate surface area is 99.9 Å². The average Bonchev–Trinajstić information content (AvgIpc) is 2.28. The first-order chi connectivity index (χ1) is 8.06. The number of piperidine rings is 1. The summed E-state index contributed by atoms with van der Waals surface area (Å²) < 4.78 is 0. The lowest BCUT2D eigenvalue weighted by atomic mass is 9.97. The highest BCUT2D eigenvalue weighted by molar-refractivity contribution is 5.73. The minimum atomic E-state index is -0.118. The highest BCUT2D eigenvalue weighted by Crippen LogP contribution is 2.23. The van der Waals surface area contributed by atoms with Gasteiger partial charge in [0.1, 0.15) is 5.82 Å². The summed E-state index contributed by atoms with van der Waals surface area (Å²) in [5.74, 6) is 0.950. The normalized spacial score (nSPS) is 20.4. The number of hydrogen-bond donors (Lipinski definition) is 1. The third-order valence-corrected chi connectivity index (χ3v) is 3.14. The molecular formula is C12H17N3O2. The van der Waals surface area contributed by atoms with E-state index in [4.69, 9.17) is 0 Å². The highest BCUT2D eigenvalue weighted by Gasteiger charge is 2.24. The SMILES string of the molecule is CC(=O)N1CCC[C@@H](c2nc(C)cc(=O)[nH]2)C1. The second kappa shape index (κ2) is 4.69. The van der Waals surface area contributed by atoms with Crippen molar-refractivity contribution in [3.05, 3.63) is 27.9 Å². The number of aromatic nitrogens is 2. The molecule has 1 fully saturated rings. The van der Waals surface area contributed by atoms with E-state index in [1.54, 1.807) is 6.92 Å². The van der Waals surface area contributed by atoms with Crippen LogP contribution in [0.4, 0.5) is 0 Å². The van der Waals surface area contributed by atoms with Crippen molar-refractivity contribution in [2.24, 2.45) is 0 Å². The van der Waals surface area contributed by atoms with Crippen LogP contribution in [0.1, 0.15) is 37.2 Å². The number of H-pyrrole nitrogens is 1. The van der Waals surface area contributed by atoms with Crippen LogP contribution in [-0.4, -0.2) is 33.9 Å². The minimum absolute atomic E-state index is 0.0877. The van der Waals surface area contributed by atoms with E-state index in [-0.39, 0.29) is 17.4 Å². The van der Waals surface area contributed by atoms with Crippen LogP contribution in [0.2, 0.25) is 0 Å². The molecule has 0 spiro atoms. The van der Waals surface area contributed by atoms with Gasteiger partial charge in [0.2, 0.25) is 5.91 Å². The fourth-order valence-electron chi connectivity index (χ4n) is 2.28. The maximum absolute atomic E-state index is 11.4. The minimum Gasteiger partial charge on any atom is -0.342 e. The van der Waals surface area contributed by atoms with E-state index in [9.17, 15) is 9.59 Å². The van der Waals surface area contributed by atoms with Gasteiger partial charge in [-0.1, -0.05) is 0 Å². The zero-order valence-electron chi connectivity index (χ0n) is 10.2. The molecule has 2 heterocycles. The Hall–Kier alpha value is -1.65. The lowest BCUT2D eigenvalue weighted by Gasteiger charge is -2.31. The lowest BCUT2D eigenvalue weighted by molar-refractivity contribution is -0.130. The number of hydrogen-bond acceptors (Lipinski definition) is 3. The van der Waals surface area contributed by atoms with Crippen LogP contribution in [0.3, 0.4) is 0 Å². The van der Waals surface area contributed by atoms with Gasteiger partial charge in [-0.3, -0.25) is 9.59 Å². The number of likely N-dealkylation sites (tertiary alicyclic amines) is 1. The van der Waals surface area contributed by atoms with Gasteiger partial charge in [-0.05, 0) is 19.8 Å². The van der Waals surface area contributed by atoms with E-state index in [2.05, 4.69) is 9.97 Å². The Bertz CT molecular complexity index is 481. The van der Waals surface area contributed by atoms with E-state index in [1.165, 1.54) is 6.07 Å². The zero-order chi connectivity index (χ0) is 12.4. The summed E-state index contributed by atoms with van der Waals surface area (Å²) >= 11 is 0. The molecule has 1 aliphatic heterocycles. The highest BCUT2D eigenvalue weighted by atomic mass is 16.2. The third kappa shape index (κ3) is 2.72. The quantitative estimate of drug-likeness (QED) is 0.783. The zero-order valence-corrected chi connectivity index (χ0v) is 10.2. The second-order valence-electron chi connectivity index (χ2n) is 4.58. The van der Waals surface area contributed by atoms with Gasteiger partial charge >= 0.3 is 0 Å². The molecule has 17 heavy (non-hydrogen) atoms. The van der Waals surface area contributed by atoms with Gasteiger partial charge in [-0.2, -0.15) is 0 Å². The third-order valence-electron chi connectivity index (χ3n) is 3.14. The number of aromatic amines is 1. The maximum Gasteiger partial charge on any atom is 0.251 e. The summed E-state index contributed by atoms with van der Waals surface area (Å²) in [6, 6.07) is 1.48. The van der Waals surface area contributed by atoms with Crippen LogP contribution in [0.15, 0.2) is 10.9 Å². The molecule has 0 saturated carbocycles. The fourth-order valence-corrected chi connectivity index (χ4v) is 2.28. The summed E-state index contributed by atoms with van der Waals surface area (Å²) in [6.07, 6.45) is 1.93. The van der Waals surface area contributed by atoms with Gasteiger partial charge in [0.15, 0.2) is 0 Å². The van der Waals surface area contributed by atoms with Crippen molar-refractivity contribution in [1.29, 1.82) is 0 Å². The average molecular weight is 235 g/mol. The van der Waals surface area contributed by atoms with Crippen LogP contribution in [0, 0.1) is 6.92 Å². The number of carbonyl (C=O) groups excluding carboxylic acids is 1. The van der Waals surface area contributed by atoms with Gasteiger partial charge in [-0.25, -0.2) is 4.98 Å². The molecule has 1 aromatic heterocycles. The maximum atomic E-state index is 11.4.